The van der Waals surface area contributed by atoms with Gasteiger partial charge in [-0.1, -0.05) is 30.3 Å². The fourth-order valence-electron chi connectivity index (χ4n) is 1.06. The Kier molecular flexibility index (Phi) is 5.19. The molecule has 3 nitrogen and oxygen atoms in total. The van der Waals surface area contributed by atoms with Crippen LogP contribution in [0.25, 0.3) is 0 Å². The van der Waals surface area contributed by atoms with Gasteiger partial charge in [0, 0.05) is 13.2 Å². The van der Waals surface area contributed by atoms with Crippen molar-refractivity contribution in [2.24, 2.45) is 0 Å². The van der Waals surface area contributed by atoms with Crippen LogP contribution in [-0.4, -0.2) is 25.0 Å². The van der Waals surface area contributed by atoms with Gasteiger partial charge in [-0.25, -0.2) is 0 Å². The van der Waals surface area contributed by atoms with Gasteiger partial charge in [0.05, 0.1) is 13.2 Å². The first-order valence-corrected chi connectivity index (χ1v) is 4.78. The molecule has 0 saturated heterocycles. The van der Waals surface area contributed by atoms with Crippen molar-refractivity contribution < 1.29 is 9.53 Å². The van der Waals surface area contributed by atoms with Crippen molar-refractivity contribution in [2.75, 3.05) is 13.7 Å². The smallest absolute Gasteiger partial charge is 0.213 e. The second-order valence-corrected chi connectivity index (χ2v) is 3.16. The quantitative estimate of drug-likeness (QED) is 0.523. The predicted octanol–water partition coefficient (Wildman–Crippen LogP) is 1.81. The maximum absolute atomic E-state index is 10.2. The average Bonchev–Trinajstić information content (AvgIpc) is 2.29. The van der Waals surface area contributed by atoms with E-state index in [9.17, 15) is 4.79 Å². The van der Waals surface area contributed by atoms with Gasteiger partial charge in [0.15, 0.2) is 0 Å². The van der Waals surface area contributed by atoms with E-state index in [2.05, 4.69) is 0 Å². The standard InChI is InChI=1S/C12H15NO2/c1-13(11-14)8-5-9-15-10-12-6-3-2-4-7-12/h2-8,11H,9-10H2,1H3/b8-5-. The summed E-state index contributed by atoms with van der Waals surface area (Å²) < 4.78 is 5.39. The van der Waals surface area contributed by atoms with Crippen molar-refractivity contribution in [1.82, 2.24) is 4.90 Å². The van der Waals surface area contributed by atoms with Crippen LogP contribution in [0.4, 0.5) is 0 Å². The van der Waals surface area contributed by atoms with Gasteiger partial charge < -0.3 is 9.64 Å². The third kappa shape index (κ3) is 4.98. The molecule has 0 heterocycles. The molecule has 0 aliphatic carbocycles. The zero-order valence-electron chi connectivity index (χ0n) is 8.80. The van der Waals surface area contributed by atoms with Crippen LogP contribution in [0.5, 0.6) is 0 Å². The third-order valence-electron chi connectivity index (χ3n) is 1.83. The first-order chi connectivity index (χ1) is 7.33. The number of hydrogen-bond acceptors (Lipinski definition) is 2. The van der Waals surface area contributed by atoms with Crippen molar-refractivity contribution in [3.05, 3.63) is 48.2 Å². The molecule has 1 aromatic rings. The van der Waals surface area contributed by atoms with Gasteiger partial charge in [-0.15, -0.1) is 0 Å². The second-order valence-electron chi connectivity index (χ2n) is 3.16. The van der Waals surface area contributed by atoms with E-state index in [-0.39, 0.29) is 0 Å². The summed E-state index contributed by atoms with van der Waals surface area (Å²) in [5.74, 6) is 0. The Morgan fingerprint density at radius 1 is 1.33 bits per heavy atom. The first-order valence-electron chi connectivity index (χ1n) is 4.78. The zero-order valence-corrected chi connectivity index (χ0v) is 8.80. The van der Waals surface area contributed by atoms with Crippen molar-refractivity contribution in [1.29, 1.82) is 0 Å². The number of carbonyl (C=O) groups excluding carboxylic acids is 1. The van der Waals surface area contributed by atoms with E-state index >= 15 is 0 Å². The lowest BCUT2D eigenvalue weighted by atomic mass is 10.2. The maximum Gasteiger partial charge on any atom is 0.213 e. The minimum atomic E-state index is 0.507. The monoisotopic (exact) mass is 205 g/mol. The van der Waals surface area contributed by atoms with Crippen LogP contribution in [0.15, 0.2) is 42.6 Å². The highest BCUT2D eigenvalue weighted by atomic mass is 16.5. The molecule has 0 atom stereocenters. The molecule has 0 fully saturated rings. The summed E-state index contributed by atoms with van der Waals surface area (Å²) in [6.45, 7) is 1.10. The topological polar surface area (TPSA) is 29.5 Å². The van der Waals surface area contributed by atoms with E-state index in [1.165, 1.54) is 4.90 Å². The molecule has 0 aromatic heterocycles. The van der Waals surface area contributed by atoms with Gasteiger partial charge in [0.25, 0.3) is 0 Å². The number of benzene rings is 1. The summed E-state index contributed by atoms with van der Waals surface area (Å²) in [5.41, 5.74) is 1.15. The normalized spacial score (nSPS) is 10.5. The van der Waals surface area contributed by atoms with E-state index < -0.39 is 0 Å². The maximum atomic E-state index is 10.2. The third-order valence-corrected chi connectivity index (χ3v) is 1.83. The second kappa shape index (κ2) is 6.79. The number of ether oxygens (including phenoxy) is 1. The van der Waals surface area contributed by atoms with Gasteiger partial charge in [-0.3, -0.25) is 4.79 Å². The van der Waals surface area contributed by atoms with E-state index in [4.69, 9.17) is 4.74 Å². The predicted molar refractivity (Wildman–Crippen MR) is 59.1 cm³/mol. The number of carbonyl (C=O) groups is 1. The lowest BCUT2D eigenvalue weighted by Crippen LogP contribution is -2.06. The molecule has 0 N–H and O–H groups in total. The van der Waals surface area contributed by atoms with Crippen LogP contribution in [-0.2, 0) is 16.1 Å². The first kappa shape index (κ1) is 11.5. The number of rotatable bonds is 6. The molecule has 1 amide bonds. The summed E-state index contributed by atoms with van der Waals surface area (Å²) in [7, 11) is 1.68. The van der Waals surface area contributed by atoms with E-state index in [1.807, 2.05) is 30.3 Å². The Morgan fingerprint density at radius 3 is 2.73 bits per heavy atom. The minimum absolute atomic E-state index is 0.507. The average molecular weight is 205 g/mol. The summed E-state index contributed by atoms with van der Waals surface area (Å²) in [4.78, 5) is 11.7. The molecule has 15 heavy (non-hydrogen) atoms. The lowest BCUT2D eigenvalue weighted by Gasteiger charge is -2.03. The van der Waals surface area contributed by atoms with E-state index in [0.29, 0.717) is 13.2 Å². The number of hydrogen-bond donors (Lipinski definition) is 0. The van der Waals surface area contributed by atoms with Gasteiger partial charge in [0.1, 0.15) is 0 Å². The molecule has 1 aromatic carbocycles. The minimum Gasteiger partial charge on any atom is -0.373 e. The molecular weight excluding hydrogens is 190 g/mol. The van der Waals surface area contributed by atoms with Crippen molar-refractivity contribution in [3.8, 4) is 0 Å². The molecule has 3 heteroatoms. The summed E-state index contributed by atoms with van der Waals surface area (Å²) in [6.07, 6.45) is 4.23. The Labute approximate surface area is 90.0 Å². The fraction of sp³-hybridized carbons (Fsp3) is 0.250. The fourth-order valence-corrected chi connectivity index (χ4v) is 1.06. The Hall–Kier alpha value is -1.61. The molecule has 1 rings (SSSR count). The van der Waals surface area contributed by atoms with Crippen LogP contribution >= 0.6 is 0 Å². The summed E-state index contributed by atoms with van der Waals surface area (Å²) >= 11 is 0. The number of nitrogens with zero attached hydrogens (tertiary/aromatic N) is 1. The molecular formula is C12H15NO2. The molecule has 0 aliphatic heterocycles. The van der Waals surface area contributed by atoms with Crippen LogP contribution in [0.1, 0.15) is 5.56 Å². The number of amides is 1. The largest absolute Gasteiger partial charge is 0.373 e. The van der Waals surface area contributed by atoms with Gasteiger partial charge in [0.2, 0.25) is 6.41 Å². The van der Waals surface area contributed by atoms with Crippen molar-refractivity contribution in [2.45, 2.75) is 6.61 Å². The molecule has 0 unspecified atom stereocenters. The molecule has 0 bridgehead atoms. The summed E-state index contributed by atoms with van der Waals surface area (Å²) in [5, 5.41) is 0. The highest BCUT2D eigenvalue weighted by Gasteiger charge is 1.89. The Bertz CT molecular complexity index is 309. The van der Waals surface area contributed by atoms with Gasteiger partial charge in [-0.05, 0) is 11.6 Å². The molecule has 0 spiro atoms. The van der Waals surface area contributed by atoms with Gasteiger partial charge >= 0.3 is 0 Å². The zero-order chi connectivity index (χ0) is 10.9. The Morgan fingerprint density at radius 2 is 2.07 bits per heavy atom. The van der Waals surface area contributed by atoms with E-state index in [0.717, 1.165) is 12.0 Å². The molecule has 80 valence electrons. The molecule has 0 radical (unpaired) electrons. The lowest BCUT2D eigenvalue weighted by molar-refractivity contribution is -0.115. The van der Waals surface area contributed by atoms with Crippen LogP contribution < -0.4 is 0 Å². The molecule has 0 saturated carbocycles. The Balaban J connectivity index is 2.17. The highest BCUT2D eigenvalue weighted by Crippen LogP contribution is 2.00. The van der Waals surface area contributed by atoms with Crippen molar-refractivity contribution in [3.63, 3.8) is 0 Å². The SMILES string of the molecule is CN(C=O)/C=C\COCc1ccccc1. The highest BCUT2D eigenvalue weighted by molar-refractivity contribution is 5.48. The summed E-state index contributed by atoms with van der Waals surface area (Å²) in [6, 6.07) is 9.97. The van der Waals surface area contributed by atoms with Crippen molar-refractivity contribution >= 4 is 6.41 Å². The van der Waals surface area contributed by atoms with Crippen LogP contribution in [0, 0.1) is 0 Å². The van der Waals surface area contributed by atoms with E-state index in [1.54, 1.807) is 19.3 Å². The van der Waals surface area contributed by atoms with Crippen LogP contribution in [0.3, 0.4) is 0 Å². The van der Waals surface area contributed by atoms with Crippen LogP contribution in [0.2, 0.25) is 0 Å². The van der Waals surface area contributed by atoms with Gasteiger partial charge in [-0.2, -0.15) is 0 Å². The molecule has 0 aliphatic rings.